The summed E-state index contributed by atoms with van der Waals surface area (Å²) in [6.07, 6.45) is 10.3. The zero-order valence-corrected chi connectivity index (χ0v) is 19.8. The fraction of sp³-hybridized carbons (Fsp3) is 0.958. The van der Waals surface area contributed by atoms with Gasteiger partial charge in [0.05, 0.1) is 12.7 Å². The summed E-state index contributed by atoms with van der Waals surface area (Å²) in [5, 5.41) is 10.9. The molecule has 4 fully saturated rings. The lowest BCUT2D eigenvalue weighted by Gasteiger charge is -2.56. The lowest BCUT2D eigenvalue weighted by molar-refractivity contribution is -0.131. The highest BCUT2D eigenvalue weighted by Gasteiger charge is 2.60. The second-order valence-corrected chi connectivity index (χ2v) is 16.8. The van der Waals surface area contributed by atoms with E-state index in [0.29, 0.717) is 24.2 Å². The zero-order valence-electron chi connectivity index (χ0n) is 18.8. The van der Waals surface area contributed by atoms with Gasteiger partial charge in [0.25, 0.3) is 0 Å². The van der Waals surface area contributed by atoms with E-state index < -0.39 is 8.32 Å². The highest BCUT2D eigenvalue weighted by atomic mass is 28.4. The van der Waals surface area contributed by atoms with Crippen molar-refractivity contribution in [3.05, 3.63) is 0 Å². The van der Waals surface area contributed by atoms with Crippen LogP contribution in [-0.2, 0) is 9.22 Å². The lowest BCUT2D eigenvalue weighted by atomic mass is 9.50. The molecule has 0 aliphatic heterocycles. The Labute approximate surface area is 173 Å². The van der Waals surface area contributed by atoms with Gasteiger partial charge in [0.2, 0.25) is 0 Å². The molecule has 160 valence electrons. The van der Waals surface area contributed by atoms with Crippen LogP contribution in [0.4, 0.5) is 0 Å². The molecule has 4 saturated carbocycles. The van der Waals surface area contributed by atoms with E-state index in [1.54, 1.807) is 0 Å². The van der Waals surface area contributed by atoms with Gasteiger partial charge < -0.3 is 9.53 Å². The number of hydrogen-bond acceptors (Lipinski definition) is 3. The summed E-state index contributed by atoms with van der Waals surface area (Å²) in [7, 11) is -1.84. The fourth-order valence-electron chi connectivity index (χ4n) is 7.43. The Balaban J connectivity index is 1.55. The van der Waals surface area contributed by atoms with E-state index in [4.69, 9.17) is 4.43 Å². The van der Waals surface area contributed by atoms with Gasteiger partial charge in [0, 0.05) is 18.3 Å². The molecular weight excluding hydrogens is 364 g/mol. The van der Waals surface area contributed by atoms with Gasteiger partial charge in [0.15, 0.2) is 8.32 Å². The van der Waals surface area contributed by atoms with E-state index >= 15 is 0 Å². The maximum atomic E-state index is 12.0. The molecular formula is C24H42O3Si. The van der Waals surface area contributed by atoms with Crippen LogP contribution < -0.4 is 0 Å². The minimum atomic E-state index is -1.84. The second kappa shape index (κ2) is 7.20. The third-order valence-electron chi connectivity index (χ3n) is 9.94. The average molecular weight is 407 g/mol. The van der Waals surface area contributed by atoms with Crippen molar-refractivity contribution in [1.29, 1.82) is 0 Å². The normalized spacial score (nSPS) is 44.0. The Morgan fingerprint density at radius 1 is 1.04 bits per heavy atom. The molecule has 0 heterocycles. The first kappa shape index (κ1) is 21.1. The van der Waals surface area contributed by atoms with E-state index in [1.807, 2.05) is 0 Å². The molecule has 0 bridgehead atoms. The SMILES string of the molecule is CC(C)(C)[Si](C)(C)O[C@H]1CCC2C3CC[C@H]4CC(=O)CCC4C3CC[C@@]21CO. The molecule has 0 amide bonds. The molecule has 4 aliphatic rings. The van der Waals surface area contributed by atoms with Gasteiger partial charge in [-0.15, -0.1) is 0 Å². The summed E-state index contributed by atoms with van der Waals surface area (Å²) in [6.45, 7) is 12.0. The fourth-order valence-corrected chi connectivity index (χ4v) is 8.85. The molecule has 4 unspecified atom stereocenters. The third-order valence-corrected chi connectivity index (χ3v) is 14.4. The van der Waals surface area contributed by atoms with E-state index in [9.17, 15) is 9.90 Å². The minimum absolute atomic E-state index is 0.00594. The first-order chi connectivity index (χ1) is 13.1. The number of aliphatic hydroxyl groups is 1. The van der Waals surface area contributed by atoms with Gasteiger partial charge >= 0.3 is 0 Å². The first-order valence-electron chi connectivity index (χ1n) is 11.9. The predicted molar refractivity (Wildman–Crippen MR) is 116 cm³/mol. The quantitative estimate of drug-likeness (QED) is 0.623. The van der Waals surface area contributed by atoms with Gasteiger partial charge in [-0.1, -0.05) is 20.8 Å². The van der Waals surface area contributed by atoms with Gasteiger partial charge in [0.1, 0.15) is 5.78 Å². The molecule has 4 aliphatic carbocycles. The molecule has 0 radical (unpaired) electrons. The molecule has 0 aromatic heterocycles. The molecule has 7 atom stereocenters. The molecule has 1 N–H and O–H groups in total. The summed E-state index contributed by atoms with van der Waals surface area (Å²) in [5.74, 6) is 4.11. The van der Waals surface area contributed by atoms with Gasteiger partial charge in [-0.05, 0) is 92.7 Å². The third kappa shape index (κ3) is 3.26. The average Bonchev–Trinajstić information content (AvgIpc) is 2.98. The Morgan fingerprint density at radius 3 is 2.46 bits per heavy atom. The summed E-state index contributed by atoms with van der Waals surface area (Å²) < 4.78 is 6.96. The van der Waals surface area contributed by atoms with Gasteiger partial charge in [-0.25, -0.2) is 0 Å². The van der Waals surface area contributed by atoms with Gasteiger partial charge in [-0.2, -0.15) is 0 Å². The van der Waals surface area contributed by atoms with Crippen LogP contribution in [0.5, 0.6) is 0 Å². The maximum Gasteiger partial charge on any atom is 0.192 e. The number of fused-ring (bicyclic) bond motifs is 5. The van der Waals surface area contributed by atoms with Crippen LogP contribution >= 0.6 is 0 Å². The number of hydrogen-bond donors (Lipinski definition) is 1. The monoisotopic (exact) mass is 406 g/mol. The van der Waals surface area contributed by atoms with Crippen molar-refractivity contribution in [2.24, 2.45) is 35.0 Å². The van der Waals surface area contributed by atoms with Crippen LogP contribution in [0.15, 0.2) is 0 Å². The maximum absolute atomic E-state index is 12.0. The topological polar surface area (TPSA) is 46.5 Å². The van der Waals surface area contributed by atoms with E-state index in [1.165, 1.54) is 25.7 Å². The van der Waals surface area contributed by atoms with Crippen LogP contribution in [-0.4, -0.2) is 31.9 Å². The van der Waals surface area contributed by atoms with E-state index in [2.05, 4.69) is 33.9 Å². The molecule has 0 aromatic rings. The van der Waals surface area contributed by atoms with Crippen molar-refractivity contribution in [3.8, 4) is 0 Å². The van der Waals surface area contributed by atoms with Crippen LogP contribution in [0.2, 0.25) is 18.1 Å². The number of rotatable bonds is 3. The molecule has 4 heteroatoms. The van der Waals surface area contributed by atoms with Crippen molar-refractivity contribution >= 4 is 14.1 Å². The lowest BCUT2D eigenvalue weighted by Crippen LogP contribution is -2.55. The molecule has 0 aromatic carbocycles. The summed E-state index contributed by atoms with van der Waals surface area (Å²) in [6, 6.07) is 0. The predicted octanol–water partition coefficient (Wildman–Crippen LogP) is 5.57. The largest absolute Gasteiger partial charge is 0.413 e. The standard InChI is InChI=1S/C24H42O3Si/c1-23(2,3)28(4,5)27-22-11-10-21-20-8-6-16-14-17(26)7-9-18(16)19(20)12-13-24(21,22)15-25/h16,18-22,25H,6-15H2,1-5H3/t16-,18?,19?,20?,21?,22-,24+/m0/s1. The van der Waals surface area contributed by atoms with E-state index in [-0.39, 0.29) is 16.6 Å². The highest BCUT2D eigenvalue weighted by Crippen LogP contribution is 2.63. The minimum Gasteiger partial charge on any atom is -0.413 e. The van der Waals surface area contributed by atoms with Gasteiger partial charge in [-0.3, -0.25) is 4.79 Å². The van der Waals surface area contributed by atoms with Crippen molar-refractivity contribution in [2.75, 3.05) is 6.61 Å². The summed E-state index contributed by atoms with van der Waals surface area (Å²) >= 11 is 0. The van der Waals surface area contributed by atoms with Crippen molar-refractivity contribution in [3.63, 3.8) is 0 Å². The van der Waals surface area contributed by atoms with Crippen molar-refractivity contribution in [2.45, 2.75) is 103 Å². The molecule has 0 spiro atoms. The number of ketones is 1. The molecule has 4 rings (SSSR count). The number of carbonyl (C=O) groups is 1. The molecule has 28 heavy (non-hydrogen) atoms. The number of aliphatic hydroxyl groups excluding tert-OH is 1. The van der Waals surface area contributed by atoms with Crippen LogP contribution in [0.3, 0.4) is 0 Å². The smallest absolute Gasteiger partial charge is 0.192 e. The summed E-state index contributed by atoms with van der Waals surface area (Å²) in [5.41, 5.74) is -0.00594. The Kier molecular flexibility index (Phi) is 5.41. The van der Waals surface area contributed by atoms with Crippen molar-refractivity contribution < 1.29 is 14.3 Å². The van der Waals surface area contributed by atoms with Crippen LogP contribution in [0.1, 0.15) is 78.6 Å². The number of carbonyl (C=O) groups excluding carboxylic acids is 1. The Hall–Kier alpha value is -0.193. The highest BCUT2D eigenvalue weighted by molar-refractivity contribution is 6.74. The number of Topliss-reactive ketones (excluding diaryl/α,β-unsaturated/α-hetero) is 1. The molecule has 0 saturated heterocycles. The summed E-state index contributed by atoms with van der Waals surface area (Å²) in [4.78, 5) is 12.0. The van der Waals surface area contributed by atoms with E-state index in [0.717, 1.165) is 49.9 Å². The Bertz CT molecular complexity index is 609. The molecule has 3 nitrogen and oxygen atoms in total. The van der Waals surface area contributed by atoms with Crippen LogP contribution in [0, 0.1) is 35.0 Å². The Morgan fingerprint density at radius 2 is 1.79 bits per heavy atom. The second-order valence-electron chi connectivity index (χ2n) is 12.1. The van der Waals surface area contributed by atoms with Crippen LogP contribution in [0.25, 0.3) is 0 Å². The zero-order chi connectivity index (χ0) is 20.3. The van der Waals surface area contributed by atoms with Crippen molar-refractivity contribution in [1.82, 2.24) is 0 Å². The first-order valence-corrected chi connectivity index (χ1v) is 14.8.